The highest BCUT2D eigenvalue weighted by Crippen LogP contribution is 2.27. The minimum absolute atomic E-state index is 0.0462. The molecule has 164 valence electrons. The molecule has 1 unspecified atom stereocenters. The first-order valence-corrected chi connectivity index (χ1v) is 11.6. The number of hydrogen-bond donors (Lipinski definition) is 1. The van der Waals surface area contributed by atoms with Crippen LogP contribution in [0.1, 0.15) is 24.0 Å². The Kier molecular flexibility index (Phi) is 5.49. The molecule has 1 saturated heterocycles. The second-order valence-corrected chi connectivity index (χ2v) is 10.0. The third-order valence-corrected chi connectivity index (χ3v) is 7.67. The van der Waals surface area contributed by atoms with E-state index in [0.717, 1.165) is 16.8 Å². The van der Waals surface area contributed by atoms with E-state index in [2.05, 4.69) is 5.32 Å². The average molecular weight is 444 g/mol. The summed E-state index contributed by atoms with van der Waals surface area (Å²) < 4.78 is 34.2. The highest BCUT2D eigenvalue weighted by atomic mass is 32.2. The number of carbonyl (C=O) groups excluding carboxylic acids is 1. The van der Waals surface area contributed by atoms with E-state index in [-0.39, 0.29) is 22.9 Å². The summed E-state index contributed by atoms with van der Waals surface area (Å²) in [5, 5.41) is 2.95. The lowest BCUT2D eigenvalue weighted by molar-refractivity contribution is -0.120. The van der Waals surface area contributed by atoms with Gasteiger partial charge in [-0.2, -0.15) is 4.31 Å². The molecule has 1 aliphatic heterocycles. The minimum Gasteiger partial charge on any atom is -0.408 e. The lowest BCUT2D eigenvalue weighted by Gasteiger charge is -2.31. The van der Waals surface area contributed by atoms with Crippen LogP contribution in [0.15, 0.2) is 50.5 Å². The first-order valence-electron chi connectivity index (χ1n) is 10.1. The van der Waals surface area contributed by atoms with Crippen LogP contribution in [0.2, 0.25) is 0 Å². The van der Waals surface area contributed by atoms with E-state index >= 15 is 0 Å². The van der Waals surface area contributed by atoms with Gasteiger partial charge in [0, 0.05) is 31.9 Å². The van der Waals surface area contributed by atoms with Crippen LogP contribution in [-0.4, -0.2) is 36.3 Å². The normalized spacial score (nSPS) is 17.7. The molecule has 9 heteroatoms. The van der Waals surface area contributed by atoms with Crippen molar-refractivity contribution in [2.75, 3.05) is 18.4 Å². The molecule has 1 aromatic heterocycles. The third kappa shape index (κ3) is 4.03. The summed E-state index contributed by atoms with van der Waals surface area (Å²) in [5.41, 5.74) is 3.48. The Balaban J connectivity index is 1.55. The SMILES string of the molecule is Cc1ccc(C)c(NC(=O)C2CCCN(S(=O)(=O)c3ccc4c(c3)oc(=O)n4C)C2)c1. The van der Waals surface area contributed by atoms with Crippen LogP contribution in [0, 0.1) is 19.8 Å². The fourth-order valence-electron chi connectivity index (χ4n) is 3.90. The summed E-state index contributed by atoms with van der Waals surface area (Å²) in [4.78, 5) is 24.6. The number of oxazole rings is 1. The Labute approximate surface area is 180 Å². The molecule has 0 bridgehead atoms. The van der Waals surface area contributed by atoms with Gasteiger partial charge in [0.05, 0.1) is 16.3 Å². The van der Waals surface area contributed by atoms with Gasteiger partial charge in [-0.25, -0.2) is 13.2 Å². The second-order valence-electron chi connectivity index (χ2n) is 8.07. The van der Waals surface area contributed by atoms with Crippen molar-refractivity contribution < 1.29 is 17.6 Å². The van der Waals surface area contributed by atoms with Crippen LogP contribution in [0.25, 0.3) is 11.1 Å². The van der Waals surface area contributed by atoms with Crippen molar-refractivity contribution >= 4 is 32.7 Å². The molecule has 31 heavy (non-hydrogen) atoms. The maximum Gasteiger partial charge on any atom is 0.419 e. The molecule has 1 N–H and O–H groups in total. The Morgan fingerprint density at radius 1 is 1.16 bits per heavy atom. The Morgan fingerprint density at radius 2 is 1.94 bits per heavy atom. The van der Waals surface area contributed by atoms with Gasteiger partial charge in [-0.15, -0.1) is 0 Å². The third-order valence-electron chi connectivity index (χ3n) is 5.81. The zero-order valence-corrected chi connectivity index (χ0v) is 18.5. The molecule has 0 spiro atoms. The lowest BCUT2D eigenvalue weighted by Crippen LogP contribution is -2.43. The lowest BCUT2D eigenvalue weighted by atomic mass is 9.98. The second kappa shape index (κ2) is 7.97. The van der Waals surface area contributed by atoms with Crippen LogP contribution in [0.5, 0.6) is 0 Å². The molecule has 0 aliphatic carbocycles. The van der Waals surface area contributed by atoms with E-state index in [1.54, 1.807) is 13.1 Å². The summed E-state index contributed by atoms with van der Waals surface area (Å²) >= 11 is 0. The summed E-state index contributed by atoms with van der Waals surface area (Å²) in [7, 11) is -2.27. The number of carbonyl (C=O) groups is 1. The number of nitrogens with zero attached hydrogens (tertiary/aromatic N) is 2. The number of piperidine rings is 1. The van der Waals surface area contributed by atoms with E-state index in [0.29, 0.717) is 24.9 Å². The van der Waals surface area contributed by atoms with Gasteiger partial charge >= 0.3 is 5.76 Å². The number of aromatic nitrogens is 1. The largest absolute Gasteiger partial charge is 0.419 e. The van der Waals surface area contributed by atoms with Crippen molar-refractivity contribution in [3.63, 3.8) is 0 Å². The van der Waals surface area contributed by atoms with Crippen LogP contribution < -0.4 is 11.1 Å². The standard InChI is InChI=1S/C22H25N3O5S/c1-14-6-7-15(2)18(11-14)23-21(26)16-5-4-10-25(13-16)31(28,29)17-8-9-19-20(12-17)30-22(27)24(19)3/h6-9,11-12,16H,4-5,10,13H2,1-3H3,(H,23,26). The molecule has 1 atom stereocenters. The van der Waals surface area contributed by atoms with Crippen LogP contribution >= 0.6 is 0 Å². The van der Waals surface area contributed by atoms with Crippen molar-refractivity contribution in [1.29, 1.82) is 0 Å². The zero-order valence-electron chi connectivity index (χ0n) is 17.7. The first-order chi connectivity index (χ1) is 14.7. The molecule has 1 amide bonds. The van der Waals surface area contributed by atoms with Gasteiger partial charge in [-0.3, -0.25) is 9.36 Å². The monoisotopic (exact) mass is 443 g/mol. The molecule has 3 aromatic rings. The van der Waals surface area contributed by atoms with Crippen molar-refractivity contribution in [3.8, 4) is 0 Å². The van der Waals surface area contributed by atoms with Gasteiger partial charge in [0.1, 0.15) is 0 Å². The van der Waals surface area contributed by atoms with Crippen LogP contribution in [0.4, 0.5) is 5.69 Å². The maximum atomic E-state index is 13.2. The molecule has 8 nitrogen and oxygen atoms in total. The van der Waals surface area contributed by atoms with E-state index in [4.69, 9.17) is 4.42 Å². The van der Waals surface area contributed by atoms with Crippen molar-refractivity contribution in [2.45, 2.75) is 31.6 Å². The predicted octanol–water partition coefficient (Wildman–Crippen LogP) is 2.79. The quantitative estimate of drug-likeness (QED) is 0.668. The Morgan fingerprint density at radius 3 is 2.71 bits per heavy atom. The average Bonchev–Trinajstić information content (AvgIpc) is 3.04. The summed E-state index contributed by atoms with van der Waals surface area (Å²) in [6, 6.07) is 10.2. The fourth-order valence-corrected chi connectivity index (χ4v) is 5.44. The Hall–Kier alpha value is -2.91. The zero-order chi connectivity index (χ0) is 22.3. The molecule has 4 rings (SSSR count). The number of amides is 1. The number of rotatable bonds is 4. The van der Waals surface area contributed by atoms with Gasteiger partial charge < -0.3 is 9.73 Å². The van der Waals surface area contributed by atoms with Gasteiger partial charge in [-0.1, -0.05) is 12.1 Å². The minimum atomic E-state index is -3.83. The first kappa shape index (κ1) is 21.3. The molecule has 0 saturated carbocycles. The van der Waals surface area contributed by atoms with E-state index in [1.807, 2.05) is 32.0 Å². The molecule has 1 aliphatic rings. The van der Waals surface area contributed by atoms with Gasteiger partial charge in [0.25, 0.3) is 0 Å². The van der Waals surface area contributed by atoms with E-state index in [1.165, 1.54) is 21.0 Å². The van der Waals surface area contributed by atoms with Crippen LogP contribution in [-0.2, 0) is 21.9 Å². The molecule has 0 radical (unpaired) electrons. The summed E-state index contributed by atoms with van der Waals surface area (Å²) in [6.45, 7) is 4.32. The Bertz CT molecular complexity index is 1320. The van der Waals surface area contributed by atoms with Crippen molar-refractivity contribution in [2.24, 2.45) is 13.0 Å². The number of fused-ring (bicyclic) bond motifs is 1. The molecular weight excluding hydrogens is 418 g/mol. The van der Waals surface area contributed by atoms with Crippen LogP contribution in [0.3, 0.4) is 0 Å². The molecule has 2 heterocycles. The topological polar surface area (TPSA) is 102 Å². The van der Waals surface area contributed by atoms with Crippen molar-refractivity contribution in [1.82, 2.24) is 8.87 Å². The van der Waals surface area contributed by atoms with Gasteiger partial charge in [0.2, 0.25) is 15.9 Å². The highest BCUT2D eigenvalue weighted by molar-refractivity contribution is 7.89. The number of benzene rings is 2. The smallest absolute Gasteiger partial charge is 0.408 e. The van der Waals surface area contributed by atoms with E-state index in [9.17, 15) is 18.0 Å². The summed E-state index contributed by atoms with van der Waals surface area (Å²) in [6.07, 6.45) is 1.21. The summed E-state index contributed by atoms with van der Waals surface area (Å²) in [5.74, 6) is -1.18. The fraction of sp³-hybridized carbons (Fsp3) is 0.364. The van der Waals surface area contributed by atoms with Gasteiger partial charge in [0.15, 0.2) is 5.58 Å². The molecule has 2 aromatic carbocycles. The molecule has 1 fully saturated rings. The number of hydrogen-bond acceptors (Lipinski definition) is 5. The van der Waals surface area contributed by atoms with Gasteiger partial charge in [-0.05, 0) is 56.0 Å². The number of nitrogens with one attached hydrogen (secondary N) is 1. The maximum absolute atomic E-state index is 13.2. The molecular formula is C22H25N3O5S. The highest BCUT2D eigenvalue weighted by Gasteiger charge is 2.34. The number of sulfonamides is 1. The number of aryl methyl sites for hydroxylation is 3. The van der Waals surface area contributed by atoms with Crippen molar-refractivity contribution in [3.05, 3.63) is 58.1 Å². The predicted molar refractivity (Wildman–Crippen MR) is 117 cm³/mol. The number of anilines is 1. The van der Waals surface area contributed by atoms with E-state index < -0.39 is 21.7 Å².